The molecule has 0 radical (unpaired) electrons. The first-order valence-corrected chi connectivity index (χ1v) is 7.65. The summed E-state index contributed by atoms with van der Waals surface area (Å²) in [6.45, 7) is 1.08. The lowest BCUT2D eigenvalue weighted by Gasteiger charge is -2.35. The molecule has 0 spiro atoms. The van der Waals surface area contributed by atoms with E-state index < -0.39 is 6.10 Å². The van der Waals surface area contributed by atoms with Crippen molar-refractivity contribution in [1.29, 1.82) is 0 Å². The standard InChI is InChI=1S/C18H22N2O/c1-20-13-5-3-7-17(20)18(21)15-10-8-14(9-11-15)16-6-2-4-12-19-16/h2,4,6,8-12,17-18,21H,3,5,7,13H2,1H3/t17-,18-/m0/s1. The van der Waals surface area contributed by atoms with E-state index >= 15 is 0 Å². The minimum absolute atomic E-state index is 0.236. The van der Waals surface area contributed by atoms with Crippen LogP contribution < -0.4 is 0 Å². The highest BCUT2D eigenvalue weighted by atomic mass is 16.3. The third kappa shape index (κ3) is 3.14. The highest BCUT2D eigenvalue weighted by molar-refractivity contribution is 5.59. The van der Waals surface area contributed by atoms with Gasteiger partial charge in [0.1, 0.15) is 0 Å². The van der Waals surface area contributed by atoms with Crippen LogP contribution in [0.2, 0.25) is 0 Å². The van der Waals surface area contributed by atoms with Crippen molar-refractivity contribution in [3.05, 3.63) is 54.2 Å². The van der Waals surface area contributed by atoms with Gasteiger partial charge < -0.3 is 10.0 Å². The number of aliphatic hydroxyl groups excluding tert-OH is 1. The van der Waals surface area contributed by atoms with Crippen LogP contribution in [0.15, 0.2) is 48.7 Å². The minimum atomic E-state index is -0.409. The maximum Gasteiger partial charge on any atom is 0.0945 e. The normalized spacial score (nSPS) is 21.1. The van der Waals surface area contributed by atoms with Gasteiger partial charge in [-0.25, -0.2) is 0 Å². The van der Waals surface area contributed by atoms with Crippen molar-refractivity contribution in [3.63, 3.8) is 0 Å². The summed E-state index contributed by atoms with van der Waals surface area (Å²) >= 11 is 0. The van der Waals surface area contributed by atoms with Gasteiger partial charge in [-0.3, -0.25) is 4.98 Å². The first-order chi connectivity index (χ1) is 10.3. The average Bonchev–Trinajstić information content (AvgIpc) is 2.56. The third-order valence-corrected chi connectivity index (χ3v) is 4.40. The van der Waals surface area contributed by atoms with Gasteiger partial charge in [-0.15, -0.1) is 0 Å². The molecular weight excluding hydrogens is 260 g/mol. The lowest BCUT2D eigenvalue weighted by atomic mass is 9.93. The summed E-state index contributed by atoms with van der Waals surface area (Å²) in [5.41, 5.74) is 3.05. The Bertz CT molecular complexity index is 568. The predicted molar refractivity (Wildman–Crippen MR) is 84.9 cm³/mol. The van der Waals surface area contributed by atoms with Crippen LogP contribution in [-0.4, -0.2) is 34.6 Å². The van der Waals surface area contributed by atoms with Crippen LogP contribution in [0.25, 0.3) is 11.3 Å². The molecule has 3 rings (SSSR count). The molecule has 2 aromatic rings. The van der Waals surface area contributed by atoms with Gasteiger partial charge >= 0.3 is 0 Å². The van der Waals surface area contributed by atoms with E-state index in [0.29, 0.717) is 0 Å². The van der Waals surface area contributed by atoms with Crippen LogP contribution in [0.3, 0.4) is 0 Å². The molecule has 0 aliphatic carbocycles. The Morgan fingerprint density at radius 3 is 2.62 bits per heavy atom. The van der Waals surface area contributed by atoms with E-state index in [1.54, 1.807) is 6.20 Å². The average molecular weight is 282 g/mol. The Morgan fingerprint density at radius 1 is 1.14 bits per heavy atom. The summed E-state index contributed by atoms with van der Waals surface area (Å²) in [6.07, 6.45) is 4.90. The zero-order valence-corrected chi connectivity index (χ0v) is 12.4. The Balaban J connectivity index is 1.77. The molecule has 1 aromatic carbocycles. The summed E-state index contributed by atoms with van der Waals surface area (Å²) < 4.78 is 0. The van der Waals surface area contributed by atoms with Gasteiger partial charge in [0.25, 0.3) is 0 Å². The summed E-state index contributed by atoms with van der Waals surface area (Å²) in [7, 11) is 2.11. The Kier molecular flexibility index (Phi) is 4.32. The van der Waals surface area contributed by atoms with E-state index in [0.717, 1.165) is 29.8 Å². The quantitative estimate of drug-likeness (QED) is 0.938. The maximum atomic E-state index is 10.6. The van der Waals surface area contributed by atoms with Gasteiger partial charge in [-0.05, 0) is 44.1 Å². The SMILES string of the molecule is CN1CCCC[C@H]1[C@@H](O)c1ccc(-c2ccccn2)cc1. The molecule has 0 amide bonds. The molecule has 0 saturated carbocycles. The number of benzene rings is 1. The molecule has 1 N–H and O–H groups in total. The highest BCUT2D eigenvalue weighted by Gasteiger charge is 2.27. The number of likely N-dealkylation sites (N-methyl/N-ethyl adjacent to an activating group) is 1. The molecule has 3 nitrogen and oxygen atoms in total. The molecule has 1 aromatic heterocycles. The first-order valence-electron chi connectivity index (χ1n) is 7.65. The van der Waals surface area contributed by atoms with Crippen LogP contribution in [0, 0.1) is 0 Å². The van der Waals surface area contributed by atoms with Gasteiger partial charge in [0, 0.05) is 17.8 Å². The number of hydrogen-bond donors (Lipinski definition) is 1. The molecule has 1 aliphatic heterocycles. The van der Waals surface area contributed by atoms with E-state index in [-0.39, 0.29) is 6.04 Å². The number of nitrogens with zero attached hydrogens (tertiary/aromatic N) is 2. The molecule has 21 heavy (non-hydrogen) atoms. The van der Waals surface area contributed by atoms with Gasteiger partial charge in [-0.2, -0.15) is 0 Å². The second-order valence-electron chi connectivity index (χ2n) is 5.83. The smallest absolute Gasteiger partial charge is 0.0945 e. The second kappa shape index (κ2) is 6.37. The summed E-state index contributed by atoms with van der Waals surface area (Å²) in [5.74, 6) is 0. The van der Waals surface area contributed by atoms with Crippen LogP contribution in [-0.2, 0) is 0 Å². The molecule has 2 atom stereocenters. The summed E-state index contributed by atoms with van der Waals surface area (Å²) in [6, 6.07) is 14.3. The van der Waals surface area contributed by atoms with Crippen LogP contribution >= 0.6 is 0 Å². The van der Waals surface area contributed by atoms with Gasteiger partial charge in [0.15, 0.2) is 0 Å². The van der Waals surface area contributed by atoms with E-state index in [2.05, 4.69) is 16.9 Å². The largest absolute Gasteiger partial charge is 0.387 e. The van der Waals surface area contributed by atoms with Gasteiger partial charge in [0.2, 0.25) is 0 Å². The van der Waals surface area contributed by atoms with Gasteiger partial charge in [-0.1, -0.05) is 36.8 Å². The minimum Gasteiger partial charge on any atom is -0.387 e. The molecule has 2 heterocycles. The molecule has 1 fully saturated rings. The van der Waals surface area contributed by atoms with Crippen LogP contribution in [0.4, 0.5) is 0 Å². The highest BCUT2D eigenvalue weighted by Crippen LogP contribution is 2.28. The monoisotopic (exact) mass is 282 g/mol. The van der Waals surface area contributed by atoms with Crippen molar-refractivity contribution in [1.82, 2.24) is 9.88 Å². The van der Waals surface area contributed by atoms with Crippen molar-refractivity contribution < 1.29 is 5.11 Å². The lowest BCUT2D eigenvalue weighted by molar-refractivity contribution is 0.0403. The predicted octanol–water partition coefficient (Wildman–Crippen LogP) is 3.27. The second-order valence-corrected chi connectivity index (χ2v) is 5.83. The molecule has 1 aliphatic rings. The molecule has 0 bridgehead atoms. The summed E-state index contributed by atoms with van der Waals surface area (Å²) in [5, 5.41) is 10.6. The maximum absolute atomic E-state index is 10.6. The Labute approximate surface area is 126 Å². The molecule has 3 heteroatoms. The van der Waals surface area contributed by atoms with E-state index in [1.165, 1.54) is 12.8 Å². The fraction of sp³-hybridized carbons (Fsp3) is 0.389. The Hall–Kier alpha value is -1.71. The summed E-state index contributed by atoms with van der Waals surface area (Å²) in [4.78, 5) is 6.63. The van der Waals surface area contributed by atoms with Crippen molar-refractivity contribution in [2.45, 2.75) is 31.4 Å². The topological polar surface area (TPSA) is 36.4 Å². The molecule has 110 valence electrons. The fourth-order valence-electron chi connectivity index (χ4n) is 3.11. The zero-order valence-electron chi connectivity index (χ0n) is 12.4. The van der Waals surface area contributed by atoms with Gasteiger partial charge in [0.05, 0.1) is 11.8 Å². The number of aliphatic hydroxyl groups is 1. The van der Waals surface area contributed by atoms with Crippen LogP contribution in [0.1, 0.15) is 30.9 Å². The number of rotatable bonds is 3. The number of aromatic nitrogens is 1. The van der Waals surface area contributed by atoms with Crippen molar-refractivity contribution in [3.8, 4) is 11.3 Å². The van der Waals surface area contributed by atoms with E-state index in [4.69, 9.17) is 0 Å². The Morgan fingerprint density at radius 2 is 1.95 bits per heavy atom. The number of hydrogen-bond acceptors (Lipinski definition) is 3. The third-order valence-electron chi connectivity index (χ3n) is 4.40. The van der Waals surface area contributed by atoms with E-state index in [1.807, 2.05) is 42.5 Å². The number of piperidine rings is 1. The van der Waals surface area contributed by atoms with Crippen molar-refractivity contribution in [2.24, 2.45) is 0 Å². The van der Waals surface area contributed by atoms with Crippen molar-refractivity contribution >= 4 is 0 Å². The molecular formula is C18H22N2O. The molecule has 0 unspecified atom stereocenters. The van der Waals surface area contributed by atoms with Crippen molar-refractivity contribution in [2.75, 3.05) is 13.6 Å². The number of pyridine rings is 1. The molecule has 1 saturated heterocycles. The van der Waals surface area contributed by atoms with Crippen LogP contribution in [0.5, 0.6) is 0 Å². The first kappa shape index (κ1) is 14.2. The van der Waals surface area contributed by atoms with E-state index in [9.17, 15) is 5.11 Å². The lowest BCUT2D eigenvalue weighted by Crippen LogP contribution is -2.40. The zero-order chi connectivity index (χ0) is 14.7. The number of likely N-dealkylation sites (tertiary alicyclic amines) is 1. The fourth-order valence-corrected chi connectivity index (χ4v) is 3.11.